The predicted octanol–water partition coefficient (Wildman–Crippen LogP) is 4.38. The van der Waals surface area contributed by atoms with E-state index in [1.54, 1.807) is 32.5 Å². The number of rotatable bonds is 7. The number of nitrogens with zero attached hydrogens (tertiary/aromatic N) is 3. The number of hydrogen-bond acceptors (Lipinski definition) is 5. The van der Waals surface area contributed by atoms with Gasteiger partial charge in [0.2, 0.25) is 0 Å². The summed E-state index contributed by atoms with van der Waals surface area (Å²) in [6.45, 7) is 2.77. The van der Waals surface area contributed by atoms with Gasteiger partial charge in [-0.25, -0.2) is 9.48 Å². The Morgan fingerprint density at radius 2 is 1.66 bits per heavy atom. The van der Waals surface area contributed by atoms with E-state index in [9.17, 15) is 4.79 Å². The number of ether oxygens (including phenoxy) is 2. The van der Waals surface area contributed by atoms with Crippen molar-refractivity contribution in [2.75, 3.05) is 37.9 Å². The number of aromatic nitrogens is 2. The Morgan fingerprint density at radius 1 is 0.969 bits per heavy atom. The van der Waals surface area contributed by atoms with Gasteiger partial charge in [0.15, 0.2) is 0 Å². The molecular weight excluding hydrogens is 406 g/mol. The number of methoxy groups -OCH3 is 2. The Balaban J connectivity index is 1.34. The molecule has 8 nitrogen and oxygen atoms in total. The zero-order valence-electron chi connectivity index (χ0n) is 18.5. The molecule has 2 aromatic carbocycles. The second-order valence-corrected chi connectivity index (χ2v) is 7.76. The minimum Gasteiger partial charge on any atom is -0.496 e. The molecule has 0 saturated carbocycles. The molecule has 0 unspecified atom stereocenters. The van der Waals surface area contributed by atoms with Crippen LogP contribution >= 0.6 is 0 Å². The largest absolute Gasteiger partial charge is 0.496 e. The number of carbonyl (C=O) groups excluding carboxylic acids is 1. The molecule has 1 aromatic heterocycles. The average Bonchev–Trinajstić information content (AvgIpc) is 3.28. The summed E-state index contributed by atoms with van der Waals surface area (Å²) in [5, 5.41) is 10.2. The van der Waals surface area contributed by atoms with E-state index < -0.39 is 0 Å². The zero-order chi connectivity index (χ0) is 22.3. The second-order valence-electron chi connectivity index (χ2n) is 7.76. The lowest BCUT2D eigenvalue weighted by atomic mass is 10.0. The zero-order valence-corrected chi connectivity index (χ0v) is 18.5. The maximum atomic E-state index is 12.6. The molecule has 168 valence electrons. The van der Waals surface area contributed by atoms with Gasteiger partial charge < -0.3 is 14.8 Å². The topological polar surface area (TPSA) is 80.7 Å². The van der Waals surface area contributed by atoms with E-state index in [1.165, 1.54) is 5.56 Å². The van der Waals surface area contributed by atoms with Crippen molar-refractivity contribution in [2.24, 2.45) is 0 Å². The van der Waals surface area contributed by atoms with Crippen molar-refractivity contribution >= 4 is 17.5 Å². The molecule has 2 amide bonds. The van der Waals surface area contributed by atoms with Crippen LogP contribution in [-0.2, 0) is 6.54 Å². The molecule has 1 saturated heterocycles. The first kappa shape index (κ1) is 21.7. The summed E-state index contributed by atoms with van der Waals surface area (Å²) >= 11 is 0. The van der Waals surface area contributed by atoms with Crippen molar-refractivity contribution in [3.63, 3.8) is 0 Å². The van der Waals surface area contributed by atoms with Gasteiger partial charge >= 0.3 is 6.03 Å². The van der Waals surface area contributed by atoms with Crippen LogP contribution in [0.15, 0.2) is 60.8 Å². The fraction of sp³-hybridized carbons (Fsp3) is 0.333. The molecule has 1 aliphatic rings. The molecule has 0 atom stereocenters. The fourth-order valence-corrected chi connectivity index (χ4v) is 4.12. The SMILES string of the molecule is COc1ccccc1CN1CCC(n2nccc2NC(=O)Nc2ccccc2OC)CC1. The van der Waals surface area contributed by atoms with E-state index >= 15 is 0 Å². The molecular formula is C24H29N5O3. The third kappa shape index (κ3) is 5.03. The van der Waals surface area contributed by atoms with Crippen molar-refractivity contribution in [3.8, 4) is 11.5 Å². The van der Waals surface area contributed by atoms with Crippen LogP contribution in [0.1, 0.15) is 24.4 Å². The number of para-hydroxylation sites is 3. The molecule has 0 bridgehead atoms. The minimum absolute atomic E-state index is 0.237. The van der Waals surface area contributed by atoms with Crippen molar-refractivity contribution < 1.29 is 14.3 Å². The van der Waals surface area contributed by atoms with Crippen LogP contribution in [0.25, 0.3) is 0 Å². The van der Waals surface area contributed by atoms with Gasteiger partial charge in [-0.1, -0.05) is 30.3 Å². The van der Waals surface area contributed by atoms with Crippen molar-refractivity contribution in [1.82, 2.24) is 14.7 Å². The van der Waals surface area contributed by atoms with Gasteiger partial charge in [-0.3, -0.25) is 10.2 Å². The molecule has 32 heavy (non-hydrogen) atoms. The maximum Gasteiger partial charge on any atom is 0.324 e. The Labute approximate surface area is 188 Å². The first-order chi connectivity index (χ1) is 15.7. The summed E-state index contributed by atoms with van der Waals surface area (Å²) in [6, 6.07) is 17.2. The Kier molecular flexibility index (Phi) is 6.91. The van der Waals surface area contributed by atoms with E-state index in [1.807, 2.05) is 41.1 Å². The van der Waals surface area contributed by atoms with E-state index in [0.717, 1.165) is 38.2 Å². The lowest BCUT2D eigenvalue weighted by Gasteiger charge is -2.33. The minimum atomic E-state index is -0.329. The number of benzene rings is 2. The summed E-state index contributed by atoms with van der Waals surface area (Å²) in [5.74, 6) is 2.22. The van der Waals surface area contributed by atoms with Gasteiger partial charge in [0, 0.05) is 31.3 Å². The van der Waals surface area contributed by atoms with Crippen LogP contribution in [0.4, 0.5) is 16.3 Å². The second kappa shape index (κ2) is 10.2. The quantitative estimate of drug-likeness (QED) is 0.576. The molecule has 8 heteroatoms. The van der Waals surface area contributed by atoms with Gasteiger partial charge in [0.25, 0.3) is 0 Å². The highest BCUT2D eigenvalue weighted by Crippen LogP contribution is 2.28. The van der Waals surface area contributed by atoms with E-state index in [2.05, 4.69) is 26.7 Å². The standard InChI is InChI=1S/C24H29N5O3/c1-31-21-9-5-3-7-18(21)17-28-15-12-19(13-16-28)29-23(11-14-25-29)27-24(30)26-20-8-4-6-10-22(20)32-2/h3-11,14,19H,12-13,15-17H2,1-2H3,(H2,26,27,30). The third-order valence-electron chi connectivity index (χ3n) is 5.76. The molecule has 4 rings (SSSR count). The lowest BCUT2D eigenvalue weighted by Crippen LogP contribution is -2.35. The van der Waals surface area contributed by atoms with Gasteiger partial charge in [-0.05, 0) is 31.0 Å². The van der Waals surface area contributed by atoms with Gasteiger partial charge in [0.1, 0.15) is 17.3 Å². The number of hydrogen-bond donors (Lipinski definition) is 2. The summed E-state index contributed by atoms with van der Waals surface area (Å²) in [5.41, 5.74) is 1.81. The Hall–Kier alpha value is -3.52. The molecule has 2 heterocycles. The van der Waals surface area contributed by atoms with Crippen LogP contribution in [0.2, 0.25) is 0 Å². The molecule has 1 aliphatic heterocycles. The Bertz CT molecular complexity index is 1040. The van der Waals surface area contributed by atoms with Gasteiger partial charge in [0.05, 0.1) is 32.1 Å². The van der Waals surface area contributed by atoms with Crippen molar-refractivity contribution in [1.29, 1.82) is 0 Å². The van der Waals surface area contributed by atoms with E-state index in [-0.39, 0.29) is 12.1 Å². The smallest absolute Gasteiger partial charge is 0.324 e. The first-order valence-electron chi connectivity index (χ1n) is 10.8. The maximum absolute atomic E-state index is 12.6. The average molecular weight is 436 g/mol. The van der Waals surface area contributed by atoms with Crippen molar-refractivity contribution in [2.45, 2.75) is 25.4 Å². The molecule has 0 radical (unpaired) electrons. The van der Waals surface area contributed by atoms with Crippen LogP contribution in [-0.4, -0.2) is 48.0 Å². The predicted molar refractivity (Wildman–Crippen MR) is 124 cm³/mol. The normalized spacial score (nSPS) is 14.7. The fourth-order valence-electron chi connectivity index (χ4n) is 4.12. The summed E-state index contributed by atoms with van der Waals surface area (Å²) in [4.78, 5) is 15.0. The highest BCUT2D eigenvalue weighted by Gasteiger charge is 2.24. The van der Waals surface area contributed by atoms with Crippen LogP contribution in [0.3, 0.4) is 0 Å². The summed E-state index contributed by atoms with van der Waals surface area (Å²) in [7, 11) is 3.29. The van der Waals surface area contributed by atoms with Crippen LogP contribution in [0.5, 0.6) is 11.5 Å². The van der Waals surface area contributed by atoms with Gasteiger partial charge in [-0.2, -0.15) is 5.10 Å². The monoisotopic (exact) mass is 435 g/mol. The number of piperidine rings is 1. The van der Waals surface area contributed by atoms with Crippen LogP contribution in [0, 0.1) is 0 Å². The lowest BCUT2D eigenvalue weighted by molar-refractivity contribution is 0.173. The molecule has 3 aromatic rings. The molecule has 1 fully saturated rings. The number of carbonyl (C=O) groups is 1. The number of likely N-dealkylation sites (tertiary alicyclic amines) is 1. The number of nitrogens with one attached hydrogen (secondary N) is 2. The van der Waals surface area contributed by atoms with Crippen LogP contribution < -0.4 is 20.1 Å². The van der Waals surface area contributed by atoms with Gasteiger partial charge in [-0.15, -0.1) is 0 Å². The van der Waals surface area contributed by atoms with E-state index in [4.69, 9.17) is 9.47 Å². The third-order valence-corrected chi connectivity index (χ3v) is 5.76. The number of amides is 2. The highest BCUT2D eigenvalue weighted by atomic mass is 16.5. The number of urea groups is 1. The summed E-state index contributed by atoms with van der Waals surface area (Å²) in [6.07, 6.45) is 3.64. The Morgan fingerprint density at radius 3 is 2.41 bits per heavy atom. The first-order valence-corrected chi connectivity index (χ1v) is 10.8. The highest BCUT2D eigenvalue weighted by molar-refractivity contribution is 6.00. The summed E-state index contributed by atoms with van der Waals surface area (Å²) < 4.78 is 12.7. The molecule has 0 spiro atoms. The van der Waals surface area contributed by atoms with Crippen molar-refractivity contribution in [3.05, 3.63) is 66.4 Å². The van der Waals surface area contributed by atoms with E-state index in [0.29, 0.717) is 17.3 Å². The molecule has 2 N–H and O–H groups in total. The molecule has 0 aliphatic carbocycles. The number of anilines is 2.